The molecular weight excluding hydrogens is 212 g/mol. The Hall–Kier alpha value is -0.120. The van der Waals surface area contributed by atoms with Crippen molar-refractivity contribution in [2.45, 2.75) is 38.6 Å². The van der Waals surface area contributed by atoms with E-state index in [-0.39, 0.29) is 0 Å². The largest absolute Gasteiger partial charge is 0.383 e. The third-order valence-corrected chi connectivity index (χ3v) is 4.27. The summed E-state index contributed by atoms with van der Waals surface area (Å²) in [4.78, 5) is 2.67. The van der Waals surface area contributed by atoms with Gasteiger partial charge in [0.25, 0.3) is 0 Å². The highest BCUT2D eigenvalue weighted by molar-refractivity contribution is 4.89. The predicted molar refractivity (Wildman–Crippen MR) is 71.2 cm³/mol. The van der Waals surface area contributed by atoms with Crippen molar-refractivity contribution in [3.05, 3.63) is 0 Å². The Morgan fingerprint density at radius 3 is 2.71 bits per heavy atom. The van der Waals surface area contributed by atoms with Crippen molar-refractivity contribution in [3.63, 3.8) is 0 Å². The Kier molecular flexibility index (Phi) is 5.26. The van der Waals surface area contributed by atoms with Gasteiger partial charge in [-0.05, 0) is 57.2 Å². The fourth-order valence-electron chi connectivity index (χ4n) is 3.10. The third-order valence-electron chi connectivity index (χ3n) is 4.27. The molecule has 3 nitrogen and oxygen atoms in total. The van der Waals surface area contributed by atoms with Gasteiger partial charge in [0, 0.05) is 19.7 Å². The molecule has 1 aliphatic carbocycles. The monoisotopic (exact) mass is 240 g/mol. The van der Waals surface area contributed by atoms with Crippen LogP contribution in [0.5, 0.6) is 0 Å². The Morgan fingerprint density at radius 1 is 1.35 bits per heavy atom. The standard InChI is InChI=1S/C14H28N2O/c1-3-16(10-12-5-4-8-15-9-12)14(11-17-2)13-6-7-13/h12-15H,3-11H2,1-2H3. The summed E-state index contributed by atoms with van der Waals surface area (Å²) in [5, 5.41) is 3.52. The van der Waals surface area contributed by atoms with Crippen LogP contribution < -0.4 is 5.32 Å². The predicted octanol–water partition coefficient (Wildman–Crippen LogP) is 1.73. The molecule has 1 heterocycles. The first-order chi connectivity index (χ1) is 8.35. The zero-order valence-electron chi connectivity index (χ0n) is 11.5. The van der Waals surface area contributed by atoms with Crippen molar-refractivity contribution >= 4 is 0 Å². The van der Waals surface area contributed by atoms with Gasteiger partial charge >= 0.3 is 0 Å². The van der Waals surface area contributed by atoms with Gasteiger partial charge in [-0.1, -0.05) is 6.92 Å². The molecule has 1 aliphatic heterocycles. The minimum atomic E-state index is 0.673. The van der Waals surface area contributed by atoms with Crippen molar-refractivity contribution < 1.29 is 4.74 Å². The van der Waals surface area contributed by atoms with E-state index in [0.29, 0.717) is 6.04 Å². The molecule has 3 heteroatoms. The van der Waals surface area contributed by atoms with Crippen LogP contribution in [0.1, 0.15) is 32.6 Å². The van der Waals surface area contributed by atoms with Gasteiger partial charge in [0.05, 0.1) is 6.61 Å². The highest BCUT2D eigenvalue weighted by Crippen LogP contribution is 2.36. The van der Waals surface area contributed by atoms with Crippen molar-refractivity contribution in [1.82, 2.24) is 10.2 Å². The fraction of sp³-hybridized carbons (Fsp3) is 1.00. The number of hydrogen-bond acceptors (Lipinski definition) is 3. The molecule has 17 heavy (non-hydrogen) atoms. The van der Waals surface area contributed by atoms with E-state index in [2.05, 4.69) is 17.1 Å². The lowest BCUT2D eigenvalue weighted by Crippen LogP contribution is -2.45. The Labute approximate surface area is 106 Å². The molecule has 0 amide bonds. The van der Waals surface area contributed by atoms with Crippen molar-refractivity contribution in [2.75, 3.05) is 39.9 Å². The maximum absolute atomic E-state index is 5.42. The van der Waals surface area contributed by atoms with Crippen LogP contribution in [-0.4, -0.2) is 50.8 Å². The number of piperidine rings is 1. The SMILES string of the molecule is CCN(CC1CCCNC1)C(COC)C1CC1. The number of rotatable bonds is 7. The number of methoxy groups -OCH3 is 1. The van der Waals surface area contributed by atoms with Gasteiger partial charge < -0.3 is 10.1 Å². The van der Waals surface area contributed by atoms with Gasteiger partial charge in [-0.15, -0.1) is 0 Å². The zero-order valence-corrected chi connectivity index (χ0v) is 11.5. The number of likely N-dealkylation sites (N-methyl/N-ethyl adjacent to an activating group) is 1. The number of hydrogen-bond donors (Lipinski definition) is 1. The van der Waals surface area contributed by atoms with E-state index in [1.807, 2.05) is 7.11 Å². The minimum Gasteiger partial charge on any atom is -0.383 e. The molecule has 0 aromatic carbocycles. The Bertz CT molecular complexity index is 212. The van der Waals surface area contributed by atoms with E-state index in [4.69, 9.17) is 4.74 Å². The lowest BCUT2D eigenvalue weighted by molar-refractivity contribution is 0.0671. The normalized spacial score (nSPS) is 27.4. The summed E-state index contributed by atoms with van der Waals surface area (Å²) in [5.74, 6) is 1.76. The van der Waals surface area contributed by atoms with E-state index in [0.717, 1.165) is 18.4 Å². The van der Waals surface area contributed by atoms with Gasteiger partial charge in [0.2, 0.25) is 0 Å². The van der Waals surface area contributed by atoms with Gasteiger partial charge in [-0.2, -0.15) is 0 Å². The average molecular weight is 240 g/mol. The summed E-state index contributed by atoms with van der Waals surface area (Å²) in [7, 11) is 1.84. The maximum Gasteiger partial charge on any atom is 0.0620 e. The van der Waals surface area contributed by atoms with Crippen molar-refractivity contribution in [2.24, 2.45) is 11.8 Å². The molecule has 100 valence electrons. The van der Waals surface area contributed by atoms with Crippen LogP contribution in [0.2, 0.25) is 0 Å². The van der Waals surface area contributed by atoms with Crippen LogP contribution in [-0.2, 0) is 4.74 Å². The van der Waals surface area contributed by atoms with E-state index in [1.54, 1.807) is 0 Å². The van der Waals surface area contributed by atoms with Crippen LogP contribution in [0.3, 0.4) is 0 Å². The highest BCUT2D eigenvalue weighted by atomic mass is 16.5. The third kappa shape index (κ3) is 3.94. The second-order valence-corrected chi connectivity index (χ2v) is 5.66. The summed E-state index contributed by atoms with van der Waals surface area (Å²) in [6.45, 7) is 8.06. The lowest BCUT2D eigenvalue weighted by atomic mass is 9.98. The van der Waals surface area contributed by atoms with Crippen LogP contribution in [0.25, 0.3) is 0 Å². The minimum absolute atomic E-state index is 0.673. The maximum atomic E-state index is 5.42. The highest BCUT2D eigenvalue weighted by Gasteiger charge is 2.35. The van der Waals surface area contributed by atoms with E-state index in [1.165, 1.54) is 51.9 Å². The molecule has 1 saturated carbocycles. The summed E-state index contributed by atoms with van der Waals surface area (Å²) < 4.78 is 5.42. The molecule has 2 fully saturated rings. The first kappa shape index (κ1) is 13.3. The van der Waals surface area contributed by atoms with E-state index >= 15 is 0 Å². The van der Waals surface area contributed by atoms with Crippen molar-refractivity contribution in [1.29, 1.82) is 0 Å². The molecule has 1 N–H and O–H groups in total. The molecule has 0 spiro atoms. The lowest BCUT2D eigenvalue weighted by Gasteiger charge is -2.35. The van der Waals surface area contributed by atoms with E-state index in [9.17, 15) is 0 Å². The van der Waals surface area contributed by atoms with Gasteiger partial charge in [0.15, 0.2) is 0 Å². The number of ether oxygens (including phenoxy) is 1. The molecule has 2 aliphatic rings. The molecule has 0 aromatic rings. The first-order valence-electron chi connectivity index (χ1n) is 7.28. The van der Waals surface area contributed by atoms with Crippen LogP contribution >= 0.6 is 0 Å². The van der Waals surface area contributed by atoms with Crippen LogP contribution in [0, 0.1) is 11.8 Å². The second-order valence-electron chi connectivity index (χ2n) is 5.66. The Morgan fingerprint density at radius 2 is 2.18 bits per heavy atom. The molecule has 2 unspecified atom stereocenters. The number of nitrogens with one attached hydrogen (secondary N) is 1. The van der Waals surface area contributed by atoms with Crippen molar-refractivity contribution in [3.8, 4) is 0 Å². The first-order valence-corrected chi connectivity index (χ1v) is 7.28. The summed E-state index contributed by atoms with van der Waals surface area (Å²) in [6, 6.07) is 0.673. The van der Waals surface area contributed by atoms with E-state index < -0.39 is 0 Å². The summed E-state index contributed by atoms with van der Waals surface area (Å²) in [6.07, 6.45) is 5.56. The molecule has 1 saturated heterocycles. The molecule has 0 aromatic heterocycles. The molecule has 2 atom stereocenters. The van der Waals surface area contributed by atoms with Gasteiger partial charge in [-0.3, -0.25) is 4.90 Å². The van der Waals surface area contributed by atoms with Crippen LogP contribution in [0.15, 0.2) is 0 Å². The summed E-state index contributed by atoms with van der Waals surface area (Å²) >= 11 is 0. The molecular formula is C14H28N2O. The molecule has 0 bridgehead atoms. The smallest absolute Gasteiger partial charge is 0.0620 e. The molecule has 0 radical (unpaired) electrons. The Balaban J connectivity index is 1.84. The second kappa shape index (κ2) is 6.72. The zero-order chi connectivity index (χ0) is 12.1. The van der Waals surface area contributed by atoms with Gasteiger partial charge in [-0.25, -0.2) is 0 Å². The van der Waals surface area contributed by atoms with Crippen LogP contribution in [0.4, 0.5) is 0 Å². The number of nitrogens with zero attached hydrogens (tertiary/aromatic N) is 1. The van der Waals surface area contributed by atoms with Gasteiger partial charge in [0.1, 0.15) is 0 Å². The topological polar surface area (TPSA) is 24.5 Å². The quantitative estimate of drug-likeness (QED) is 0.733. The average Bonchev–Trinajstić information content (AvgIpc) is 3.19. The fourth-order valence-corrected chi connectivity index (χ4v) is 3.10. The molecule has 2 rings (SSSR count). The summed E-state index contributed by atoms with van der Waals surface area (Å²) in [5.41, 5.74) is 0.